The summed E-state index contributed by atoms with van der Waals surface area (Å²) in [5.74, 6) is 0.812. The van der Waals surface area contributed by atoms with Crippen molar-refractivity contribution in [1.82, 2.24) is 9.78 Å². The molecule has 0 saturated carbocycles. The normalized spacial score (nSPS) is 10.2. The van der Waals surface area contributed by atoms with Gasteiger partial charge < -0.3 is 19.5 Å². The number of ether oxygens (including phenoxy) is 3. The molecular formula is C20H19N3O5. The average Bonchev–Trinajstić information content (AvgIpc) is 2.73. The Morgan fingerprint density at radius 1 is 0.929 bits per heavy atom. The van der Waals surface area contributed by atoms with Gasteiger partial charge in [0.2, 0.25) is 11.3 Å². The fourth-order valence-electron chi connectivity index (χ4n) is 2.54. The molecule has 0 bridgehead atoms. The van der Waals surface area contributed by atoms with Gasteiger partial charge in [-0.05, 0) is 36.4 Å². The summed E-state index contributed by atoms with van der Waals surface area (Å²) in [5, 5.41) is 6.86. The first-order chi connectivity index (χ1) is 13.5. The van der Waals surface area contributed by atoms with Crippen molar-refractivity contribution in [1.29, 1.82) is 0 Å². The van der Waals surface area contributed by atoms with Crippen molar-refractivity contribution in [3.63, 3.8) is 0 Å². The molecule has 0 aliphatic rings. The third kappa shape index (κ3) is 3.96. The van der Waals surface area contributed by atoms with E-state index in [9.17, 15) is 9.59 Å². The van der Waals surface area contributed by atoms with Crippen LogP contribution < -0.4 is 25.0 Å². The predicted octanol–water partition coefficient (Wildman–Crippen LogP) is 2.51. The van der Waals surface area contributed by atoms with Gasteiger partial charge >= 0.3 is 0 Å². The zero-order chi connectivity index (χ0) is 20.1. The smallest absolute Gasteiger partial charge is 0.280 e. The molecule has 8 heteroatoms. The number of anilines is 1. The Balaban J connectivity index is 1.98. The quantitative estimate of drug-likeness (QED) is 0.705. The molecule has 0 unspecified atom stereocenters. The predicted molar refractivity (Wildman–Crippen MR) is 104 cm³/mol. The van der Waals surface area contributed by atoms with E-state index in [2.05, 4.69) is 10.4 Å². The number of carbonyl (C=O) groups excluding carboxylic acids is 1. The molecule has 1 aromatic heterocycles. The number of hydrogen-bond acceptors (Lipinski definition) is 6. The summed E-state index contributed by atoms with van der Waals surface area (Å²) in [4.78, 5) is 25.0. The van der Waals surface area contributed by atoms with Gasteiger partial charge in [-0.15, -0.1) is 0 Å². The van der Waals surface area contributed by atoms with Crippen LogP contribution in [0.5, 0.6) is 17.4 Å². The van der Waals surface area contributed by atoms with Crippen molar-refractivity contribution in [3.05, 3.63) is 70.5 Å². The topological polar surface area (TPSA) is 91.7 Å². The second kappa shape index (κ2) is 8.26. The number of carbonyl (C=O) groups is 1. The monoisotopic (exact) mass is 381 g/mol. The van der Waals surface area contributed by atoms with E-state index in [1.807, 2.05) is 0 Å². The molecule has 0 spiro atoms. The summed E-state index contributed by atoms with van der Waals surface area (Å²) < 4.78 is 16.9. The summed E-state index contributed by atoms with van der Waals surface area (Å²) >= 11 is 0. The minimum atomic E-state index is -0.636. The van der Waals surface area contributed by atoms with Crippen molar-refractivity contribution in [2.75, 3.05) is 26.6 Å². The summed E-state index contributed by atoms with van der Waals surface area (Å²) in [6, 6.07) is 15.0. The Hall–Kier alpha value is -3.81. The number of benzene rings is 2. The Kier molecular flexibility index (Phi) is 5.59. The SMILES string of the molecule is COc1ccc(-n2nc(C(=O)Nc3cccc(OC)c3)c(=O)cc2OC)cc1. The Labute approximate surface area is 161 Å². The highest BCUT2D eigenvalue weighted by molar-refractivity contribution is 6.02. The lowest BCUT2D eigenvalue weighted by molar-refractivity contribution is 0.101. The fourth-order valence-corrected chi connectivity index (χ4v) is 2.54. The molecule has 28 heavy (non-hydrogen) atoms. The van der Waals surface area contributed by atoms with Crippen LogP contribution >= 0.6 is 0 Å². The summed E-state index contributed by atoms with van der Waals surface area (Å²) in [6.45, 7) is 0. The number of nitrogens with zero attached hydrogens (tertiary/aromatic N) is 2. The maximum Gasteiger partial charge on any atom is 0.280 e. The number of aromatic nitrogens is 2. The molecule has 0 radical (unpaired) electrons. The Morgan fingerprint density at radius 2 is 1.64 bits per heavy atom. The molecule has 0 aliphatic heterocycles. The zero-order valence-electron chi connectivity index (χ0n) is 15.6. The lowest BCUT2D eigenvalue weighted by Gasteiger charge is -2.13. The molecule has 3 aromatic rings. The first kappa shape index (κ1) is 19.0. The van der Waals surface area contributed by atoms with Crippen molar-refractivity contribution < 1.29 is 19.0 Å². The van der Waals surface area contributed by atoms with Gasteiger partial charge in [-0.25, -0.2) is 4.68 Å². The first-order valence-electron chi connectivity index (χ1n) is 8.34. The molecule has 1 heterocycles. The van der Waals surface area contributed by atoms with Crippen LogP contribution in [-0.4, -0.2) is 37.0 Å². The van der Waals surface area contributed by atoms with Crippen LogP contribution in [0, 0.1) is 0 Å². The number of hydrogen-bond donors (Lipinski definition) is 1. The van der Waals surface area contributed by atoms with Gasteiger partial charge in [-0.2, -0.15) is 5.10 Å². The third-order valence-electron chi connectivity index (χ3n) is 3.97. The minimum absolute atomic E-state index is 0.202. The van der Waals surface area contributed by atoms with Gasteiger partial charge in [0.1, 0.15) is 11.5 Å². The van der Waals surface area contributed by atoms with Gasteiger partial charge in [-0.3, -0.25) is 9.59 Å². The van der Waals surface area contributed by atoms with Crippen molar-refractivity contribution in [2.45, 2.75) is 0 Å². The molecule has 0 aliphatic carbocycles. The van der Waals surface area contributed by atoms with Gasteiger partial charge in [0.15, 0.2) is 5.69 Å². The molecule has 8 nitrogen and oxygen atoms in total. The largest absolute Gasteiger partial charge is 0.497 e. The van der Waals surface area contributed by atoms with Crippen LogP contribution in [0.4, 0.5) is 5.69 Å². The van der Waals surface area contributed by atoms with Crippen molar-refractivity contribution in [3.8, 4) is 23.1 Å². The summed E-state index contributed by atoms with van der Waals surface area (Å²) in [7, 11) is 4.51. The lowest BCUT2D eigenvalue weighted by Crippen LogP contribution is -2.26. The van der Waals surface area contributed by atoms with Crippen LogP contribution in [0.25, 0.3) is 5.69 Å². The highest BCUT2D eigenvalue weighted by atomic mass is 16.5. The molecular weight excluding hydrogens is 362 g/mol. The second-order valence-electron chi connectivity index (χ2n) is 5.70. The van der Waals surface area contributed by atoms with Crippen molar-refractivity contribution in [2.24, 2.45) is 0 Å². The van der Waals surface area contributed by atoms with Crippen LogP contribution in [-0.2, 0) is 0 Å². The lowest BCUT2D eigenvalue weighted by atomic mass is 10.2. The third-order valence-corrected chi connectivity index (χ3v) is 3.97. The number of nitrogens with one attached hydrogen (secondary N) is 1. The standard InChI is InChI=1S/C20H19N3O5/c1-26-15-9-7-14(8-10-15)23-18(28-3)12-17(24)19(22-23)20(25)21-13-5-4-6-16(11-13)27-2/h4-12H,1-3H3,(H,21,25). The number of amides is 1. The molecule has 1 N–H and O–H groups in total. The molecule has 3 rings (SSSR count). The van der Waals surface area contributed by atoms with Crippen LogP contribution in [0.15, 0.2) is 59.4 Å². The van der Waals surface area contributed by atoms with E-state index in [1.165, 1.54) is 25.0 Å². The molecule has 144 valence electrons. The van der Waals surface area contributed by atoms with E-state index in [-0.39, 0.29) is 11.6 Å². The van der Waals surface area contributed by atoms with Crippen LogP contribution in [0.1, 0.15) is 10.5 Å². The highest BCUT2D eigenvalue weighted by Gasteiger charge is 2.17. The second-order valence-corrected chi connectivity index (χ2v) is 5.70. The van der Waals surface area contributed by atoms with E-state index in [1.54, 1.807) is 55.6 Å². The Bertz CT molecular complexity index is 1040. The first-order valence-corrected chi connectivity index (χ1v) is 8.34. The molecule has 1 amide bonds. The van der Waals surface area contributed by atoms with Gasteiger partial charge in [-0.1, -0.05) is 6.07 Å². The Morgan fingerprint density at radius 3 is 2.29 bits per heavy atom. The van der Waals surface area contributed by atoms with Gasteiger partial charge in [0, 0.05) is 11.8 Å². The van der Waals surface area contributed by atoms with E-state index >= 15 is 0 Å². The minimum Gasteiger partial charge on any atom is -0.497 e. The maximum atomic E-state index is 12.6. The van der Waals surface area contributed by atoms with E-state index in [4.69, 9.17) is 14.2 Å². The van der Waals surface area contributed by atoms with E-state index in [0.717, 1.165) is 0 Å². The molecule has 0 saturated heterocycles. The van der Waals surface area contributed by atoms with Crippen LogP contribution in [0.3, 0.4) is 0 Å². The number of rotatable bonds is 6. The average molecular weight is 381 g/mol. The molecule has 2 aromatic carbocycles. The maximum absolute atomic E-state index is 12.6. The van der Waals surface area contributed by atoms with E-state index < -0.39 is 11.3 Å². The van der Waals surface area contributed by atoms with Crippen molar-refractivity contribution >= 4 is 11.6 Å². The van der Waals surface area contributed by atoms with E-state index in [0.29, 0.717) is 22.9 Å². The van der Waals surface area contributed by atoms with Gasteiger partial charge in [0.05, 0.1) is 33.1 Å². The highest BCUT2D eigenvalue weighted by Crippen LogP contribution is 2.20. The van der Waals surface area contributed by atoms with Crippen LogP contribution in [0.2, 0.25) is 0 Å². The van der Waals surface area contributed by atoms with Gasteiger partial charge in [0.25, 0.3) is 5.91 Å². The number of methoxy groups -OCH3 is 3. The zero-order valence-corrected chi connectivity index (χ0v) is 15.6. The summed E-state index contributed by atoms with van der Waals surface area (Å²) in [5.41, 5.74) is 0.270. The summed E-state index contributed by atoms with van der Waals surface area (Å²) in [6.07, 6.45) is 0. The molecule has 0 atom stereocenters. The fraction of sp³-hybridized carbons (Fsp3) is 0.150. The molecule has 0 fully saturated rings.